The van der Waals surface area contributed by atoms with E-state index in [1.165, 1.54) is 6.07 Å². The monoisotopic (exact) mass is 142 g/mol. The van der Waals surface area contributed by atoms with Crippen molar-refractivity contribution in [2.24, 2.45) is 0 Å². The van der Waals surface area contributed by atoms with Gasteiger partial charge < -0.3 is 0 Å². The summed E-state index contributed by atoms with van der Waals surface area (Å²) in [6, 6.07) is 6.70. The van der Waals surface area contributed by atoms with Crippen LogP contribution in [0.15, 0.2) is 24.3 Å². The summed E-state index contributed by atoms with van der Waals surface area (Å²) in [5.41, 5.74) is 0. The Labute approximate surface area is 55.9 Å². The minimum atomic E-state index is -0.137. The van der Waals surface area contributed by atoms with E-state index in [2.05, 4.69) is 0 Å². The van der Waals surface area contributed by atoms with Crippen LogP contribution in [0.3, 0.4) is 0 Å². The van der Waals surface area contributed by atoms with Crippen LogP contribution >= 0.6 is 8.58 Å². The Kier molecular flexibility index (Phi) is 2.18. The number of rotatable bonds is 1. The van der Waals surface area contributed by atoms with E-state index in [4.69, 9.17) is 0 Å². The summed E-state index contributed by atoms with van der Waals surface area (Å²) >= 11 is 0. The second-order valence-corrected chi connectivity index (χ2v) is 2.84. The van der Waals surface area contributed by atoms with Crippen LogP contribution in [-0.4, -0.2) is 6.66 Å². The Morgan fingerprint density at radius 3 is 2.67 bits per heavy atom. The standard InChI is InChI=1S/C7H8FP/c1-9-7-4-2-3-6(8)5-7/h2-5,9H,1H3. The van der Waals surface area contributed by atoms with Gasteiger partial charge in [-0.1, -0.05) is 20.7 Å². The summed E-state index contributed by atoms with van der Waals surface area (Å²) in [6.45, 7) is 2.04. The molecule has 1 atom stereocenters. The summed E-state index contributed by atoms with van der Waals surface area (Å²) in [4.78, 5) is 0. The SMILES string of the molecule is CPc1cccc(F)c1. The van der Waals surface area contributed by atoms with Crippen LogP contribution in [0.2, 0.25) is 0 Å². The third-order valence-electron chi connectivity index (χ3n) is 1.11. The van der Waals surface area contributed by atoms with Crippen molar-refractivity contribution in [3.8, 4) is 0 Å². The van der Waals surface area contributed by atoms with Gasteiger partial charge in [0.1, 0.15) is 5.82 Å². The third kappa shape index (κ3) is 1.76. The Hall–Kier alpha value is -0.420. The third-order valence-corrected chi connectivity index (χ3v) is 2.00. The lowest BCUT2D eigenvalue weighted by atomic mass is 10.4. The first kappa shape index (κ1) is 6.70. The fourth-order valence-corrected chi connectivity index (χ4v) is 1.19. The fourth-order valence-electron chi connectivity index (χ4n) is 0.644. The van der Waals surface area contributed by atoms with Crippen LogP contribution in [0, 0.1) is 5.82 Å². The van der Waals surface area contributed by atoms with E-state index in [9.17, 15) is 4.39 Å². The molecular formula is C7H8FP. The molecule has 1 aromatic rings. The molecule has 0 aliphatic rings. The molecule has 0 N–H and O–H groups in total. The first-order valence-corrected chi connectivity index (χ1v) is 4.26. The summed E-state index contributed by atoms with van der Waals surface area (Å²) in [5.74, 6) is -0.137. The Balaban J connectivity index is 2.94. The second kappa shape index (κ2) is 2.93. The lowest BCUT2D eigenvalue weighted by Crippen LogP contribution is -1.91. The van der Waals surface area contributed by atoms with Gasteiger partial charge in [-0.2, -0.15) is 0 Å². The van der Waals surface area contributed by atoms with Crippen molar-refractivity contribution in [1.29, 1.82) is 0 Å². The van der Waals surface area contributed by atoms with Crippen LogP contribution in [0.5, 0.6) is 0 Å². The average molecular weight is 142 g/mol. The van der Waals surface area contributed by atoms with E-state index >= 15 is 0 Å². The lowest BCUT2D eigenvalue weighted by Gasteiger charge is -1.92. The molecule has 0 heterocycles. The van der Waals surface area contributed by atoms with Gasteiger partial charge in [0.2, 0.25) is 0 Å². The zero-order chi connectivity index (χ0) is 6.69. The van der Waals surface area contributed by atoms with Gasteiger partial charge in [-0.15, -0.1) is 0 Å². The molecule has 0 saturated carbocycles. The van der Waals surface area contributed by atoms with Crippen molar-refractivity contribution >= 4 is 13.9 Å². The topological polar surface area (TPSA) is 0 Å². The molecule has 0 fully saturated rings. The molecule has 2 heteroatoms. The quantitative estimate of drug-likeness (QED) is 0.524. The van der Waals surface area contributed by atoms with Gasteiger partial charge in [-0.25, -0.2) is 4.39 Å². The van der Waals surface area contributed by atoms with E-state index in [-0.39, 0.29) is 5.82 Å². The molecule has 0 aliphatic carbocycles. The zero-order valence-corrected chi connectivity index (χ0v) is 6.19. The van der Waals surface area contributed by atoms with Gasteiger partial charge in [0.15, 0.2) is 0 Å². The van der Waals surface area contributed by atoms with E-state index in [0.717, 1.165) is 5.30 Å². The maximum absolute atomic E-state index is 12.4. The number of benzene rings is 1. The highest BCUT2D eigenvalue weighted by atomic mass is 31.1. The van der Waals surface area contributed by atoms with E-state index in [1.54, 1.807) is 12.1 Å². The van der Waals surface area contributed by atoms with Gasteiger partial charge in [0.05, 0.1) is 0 Å². The Morgan fingerprint density at radius 1 is 1.44 bits per heavy atom. The zero-order valence-electron chi connectivity index (χ0n) is 5.19. The molecule has 9 heavy (non-hydrogen) atoms. The van der Waals surface area contributed by atoms with E-state index in [0.29, 0.717) is 8.58 Å². The lowest BCUT2D eigenvalue weighted by molar-refractivity contribution is 0.629. The molecule has 0 saturated heterocycles. The van der Waals surface area contributed by atoms with Crippen LogP contribution in [-0.2, 0) is 0 Å². The molecule has 0 amide bonds. The van der Waals surface area contributed by atoms with Crippen molar-refractivity contribution in [2.45, 2.75) is 0 Å². The van der Waals surface area contributed by atoms with Gasteiger partial charge >= 0.3 is 0 Å². The summed E-state index contributed by atoms with van der Waals surface area (Å²) in [5, 5.41) is 1.08. The van der Waals surface area contributed by atoms with Crippen LogP contribution in [0.4, 0.5) is 4.39 Å². The van der Waals surface area contributed by atoms with E-state index in [1.807, 2.05) is 12.7 Å². The molecule has 0 spiro atoms. The first-order chi connectivity index (χ1) is 4.33. The molecular weight excluding hydrogens is 134 g/mol. The molecule has 0 aromatic heterocycles. The van der Waals surface area contributed by atoms with E-state index < -0.39 is 0 Å². The smallest absolute Gasteiger partial charge is 0.123 e. The average Bonchev–Trinajstić information content (AvgIpc) is 1.88. The number of hydrogen-bond donors (Lipinski definition) is 0. The molecule has 0 aliphatic heterocycles. The van der Waals surface area contributed by atoms with Gasteiger partial charge in [0.25, 0.3) is 0 Å². The predicted octanol–water partition coefficient (Wildman–Crippen LogP) is 1.76. The van der Waals surface area contributed by atoms with Crippen LogP contribution in [0.1, 0.15) is 0 Å². The van der Waals surface area contributed by atoms with Crippen molar-refractivity contribution in [2.75, 3.05) is 6.66 Å². The summed E-state index contributed by atoms with van der Waals surface area (Å²) in [7, 11) is 0.686. The minimum absolute atomic E-state index is 0.137. The highest BCUT2D eigenvalue weighted by molar-refractivity contribution is 7.46. The van der Waals surface area contributed by atoms with Gasteiger partial charge in [-0.05, 0) is 24.1 Å². The van der Waals surface area contributed by atoms with Gasteiger partial charge in [0, 0.05) is 0 Å². The second-order valence-electron chi connectivity index (χ2n) is 1.76. The molecule has 1 rings (SSSR count). The molecule has 0 bridgehead atoms. The maximum atomic E-state index is 12.4. The molecule has 0 radical (unpaired) electrons. The van der Waals surface area contributed by atoms with Crippen LogP contribution in [0.25, 0.3) is 0 Å². The largest absolute Gasteiger partial charge is 0.207 e. The molecule has 1 aromatic carbocycles. The first-order valence-electron chi connectivity index (χ1n) is 2.76. The minimum Gasteiger partial charge on any atom is -0.207 e. The van der Waals surface area contributed by atoms with Crippen molar-refractivity contribution in [1.82, 2.24) is 0 Å². The highest BCUT2D eigenvalue weighted by Crippen LogP contribution is 2.04. The summed E-state index contributed by atoms with van der Waals surface area (Å²) < 4.78 is 12.4. The molecule has 1 unspecified atom stereocenters. The Bertz CT molecular complexity index is 198. The van der Waals surface area contributed by atoms with Crippen molar-refractivity contribution in [3.05, 3.63) is 30.1 Å². The number of halogens is 1. The van der Waals surface area contributed by atoms with Crippen molar-refractivity contribution in [3.63, 3.8) is 0 Å². The summed E-state index contributed by atoms with van der Waals surface area (Å²) in [6.07, 6.45) is 0. The molecule has 48 valence electrons. The Morgan fingerprint density at radius 2 is 2.22 bits per heavy atom. The molecule has 0 nitrogen and oxygen atoms in total. The normalized spacial score (nSPS) is 10.9. The van der Waals surface area contributed by atoms with Gasteiger partial charge in [-0.3, -0.25) is 0 Å². The fraction of sp³-hybridized carbons (Fsp3) is 0.143. The van der Waals surface area contributed by atoms with Crippen molar-refractivity contribution < 1.29 is 4.39 Å². The maximum Gasteiger partial charge on any atom is 0.123 e. The highest BCUT2D eigenvalue weighted by Gasteiger charge is 1.88. The number of hydrogen-bond acceptors (Lipinski definition) is 0. The van der Waals surface area contributed by atoms with Crippen LogP contribution < -0.4 is 5.30 Å². The predicted molar refractivity (Wildman–Crippen MR) is 40.3 cm³/mol.